The number of rotatable bonds is 5. The topological polar surface area (TPSA) is 35.2 Å². The molecule has 0 heterocycles. The summed E-state index contributed by atoms with van der Waals surface area (Å²) in [4.78, 5) is 1.08. The highest BCUT2D eigenvalue weighted by Gasteiger charge is 2.04. The summed E-state index contributed by atoms with van der Waals surface area (Å²) >= 11 is 1.75. The minimum absolute atomic E-state index is 0.672. The third kappa shape index (κ3) is 3.70. The van der Waals surface area contributed by atoms with Crippen LogP contribution in [0.2, 0.25) is 0 Å². The summed E-state index contributed by atoms with van der Waals surface area (Å²) in [5, 5.41) is 0. The van der Waals surface area contributed by atoms with Crippen LogP contribution in [0.15, 0.2) is 41.3 Å². The van der Waals surface area contributed by atoms with E-state index in [9.17, 15) is 0 Å². The highest BCUT2D eigenvalue weighted by atomic mass is 32.2. The molecule has 0 aliphatic heterocycles. The first-order valence-electron chi connectivity index (χ1n) is 6.81. The Bertz CT molecular complexity index is 596. The quantitative estimate of drug-likeness (QED) is 0.646. The van der Waals surface area contributed by atoms with Crippen molar-refractivity contribution in [3.63, 3.8) is 0 Å². The Morgan fingerprint density at radius 1 is 1.05 bits per heavy atom. The lowest BCUT2D eigenvalue weighted by Crippen LogP contribution is -1.94. The van der Waals surface area contributed by atoms with E-state index in [4.69, 9.17) is 10.5 Å². The third-order valence-corrected chi connectivity index (χ3v) is 4.40. The largest absolute Gasteiger partial charge is 0.494 e. The fourth-order valence-corrected chi connectivity index (χ4v) is 2.89. The standard InChI is InChI=1S/C17H21NOS/c1-4-19-15-7-8-16(18)17(10-15)20-11-14-6-5-12(2)13(3)9-14/h5-10H,4,11,18H2,1-3H3. The van der Waals surface area contributed by atoms with Gasteiger partial charge in [-0.3, -0.25) is 0 Å². The Morgan fingerprint density at radius 2 is 1.85 bits per heavy atom. The highest BCUT2D eigenvalue weighted by molar-refractivity contribution is 7.98. The van der Waals surface area contributed by atoms with Gasteiger partial charge < -0.3 is 10.5 Å². The maximum Gasteiger partial charge on any atom is 0.120 e. The number of nitrogen functional groups attached to an aromatic ring is 1. The maximum atomic E-state index is 6.03. The van der Waals surface area contributed by atoms with Crippen LogP contribution in [0.3, 0.4) is 0 Å². The molecule has 2 nitrogen and oxygen atoms in total. The lowest BCUT2D eigenvalue weighted by Gasteiger charge is -2.10. The summed E-state index contributed by atoms with van der Waals surface area (Å²) in [5.74, 6) is 1.80. The number of nitrogens with two attached hydrogens (primary N) is 1. The van der Waals surface area contributed by atoms with Crippen LogP contribution in [0.25, 0.3) is 0 Å². The van der Waals surface area contributed by atoms with Gasteiger partial charge >= 0.3 is 0 Å². The molecular weight excluding hydrogens is 266 g/mol. The Kier molecular flexibility index (Phi) is 4.96. The van der Waals surface area contributed by atoms with Gasteiger partial charge in [0.25, 0.3) is 0 Å². The molecule has 0 radical (unpaired) electrons. The molecule has 0 amide bonds. The normalized spacial score (nSPS) is 10.6. The number of aryl methyl sites for hydroxylation is 2. The van der Waals surface area contributed by atoms with Gasteiger partial charge in [0.1, 0.15) is 5.75 Å². The predicted molar refractivity (Wildman–Crippen MR) is 87.5 cm³/mol. The first-order chi connectivity index (χ1) is 9.60. The van der Waals surface area contributed by atoms with Gasteiger partial charge in [-0.25, -0.2) is 0 Å². The van der Waals surface area contributed by atoms with Gasteiger partial charge in [-0.15, -0.1) is 11.8 Å². The monoisotopic (exact) mass is 287 g/mol. The molecule has 3 heteroatoms. The average molecular weight is 287 g/mol. The molecule has 0 saturated carbocycles. The Labute approximate surface area is 125 Å². The van der Waals surface area contributed by atoms with Crippen molar-refractivity contribution in [2.45, 2.75) is 31.4 Å². The Morgan fingerprint density at radius 3 is 2.55 bits per heavy atom. The zero-order chi connectivity index (χ0) is 14.5. The molecule has 0 bridgehead atoms. The molecule has 106 valence electrons. The number of anilines is 1. The van der Waals surface area contributed by atoms with Gasteiger partial charge in [-0.1, -0.05) is 18.2 Å². The smallest absolute Gasteiger partial charge is 0.120 e. The van der Waals surface area contributed by atoms with E-state index in [-0.39, 0.29) is 0 Å². The first-order valence-corrected chi connectivity index (χ1v) is 7.80. The molecular formula is C17H21NOS. The summed E-state index contributed by atoms with van der Waals surface area (Å²) < 4.78 is 5.52. The molecule has 0 saturated heterocycles. The average Bonchev–Trinajstić information content (AvgIpc) is 2.43. The van der Waals surface area contributed by atoms with Crippen molar-refractivity contribution in [3.8, 4) is 5.75 Å². The molecule has 0 unspecified atom stereocenters. The first kappa shape index (κ1) is 14.8. The van der Waals surface area contributed by atoms with E-state index < -0.39 is 0 Å². The van der Waals surface area contributed by atoms with Crippen LogP contribution < -0.4 is 10.5 Å². The number of hydrogen-bond acceptors (Lipinski definition) is 3. The van der Waals surface area contributed by atoms with Crippen molar-refractivity contribution in [1.82, 2.24) is 0 Å². The Balaban J connectivity index is 2.09. The molecule has 0 aromatic heterocycles. The molecule has 0 spiro atoms. The molecule has 0 atom stereocenters. The zero-order valence-corrected chi connectivity index (χ0v) is 13.1. The minimum atomic E-state index is 0.672. The van der Waals surface area contributed by atoms with E-state index >= 15 is 0 Å². The zero-order valence-electron chi connectivity index (χ0n) is 12.3. The summed E-state index contributed by atoms with van der Waals surface area (Å²) in [6.07, 6.45) is 0. The van der Waals surface area contributed by atoms with Gasteiger partial charge in [0.05, 0.1) is 6.61 Å². The number of thioether (sulfide) groups is 1. The van der Waals surface area contributed by atoms with Gasteiger partial charge in [0.2, 0.25) is 0 Å². The minimum Gasteiger partial charge on any atom is -0.494 e. The van der Waals surface area contributed by atoms with Crippen LogP contribution >= 0.6 is 11.8 Å². The number of hydrogen-bond donors (Lipinski definition) is 1. The van der Waals surface area contributed by atoms with Crippen molar-refractivity contribution in [3.05, 3.63) is 53.1 Å². The molecule has 0 aliphatic rings. The molecule has 2 N–H and O–H groups in total. The second kappa shape index (κ2) is 6.71. The lowest BCUT2D eigenvalue weighted by molar-refractivity contribution is 0.339. The molecule has 2 rings (SSSR count). The van der Waals surface area contributed by atoms with Crippen LogP contribution in [0.4, 0.5) is 5.69 Å². The van der Waals surface area contributed by atoms with Crippen molar-refractivity contribution in [2.24, 2.45) is 0 Å². The van der Waals surface area contributed by atoms with Crippen molar-refractivity contribution >= 4 is 17.4 Å². The van der Waals surface area contributed by atoms with Crippen LogP contribution in [-0.4, -0.2) is 6.61 Å². The summed E-state index contributed by atoms with van der Waals surface area (Å²) in [7, 11) is 0. The summed E-state index contributed by atoms with van der Waals surface area (Å²) in [5.41, 5.74) is 10.8. The third-order valence-electron chi connectivity index (χ3n) is 3.26. The van der Waals surface area contributed by atoms with Gasteiger partial charge in [-0.2, -0.15) is 0 Å². The van der Waals surface area contributed by atoms with Crippen LogP contribution in [0.5, 0.6) is 5.75 Å². The molecule has 20 heavy (non-hydrogen) atoms. The van der Waals surface area contributed by atoms with Gasteiger partial charge in [0, 0.05) is 16.3 Å². The second-order valence-corrected chi connectivity index (χ2v) is 5.86. The van der Waals surface area contributed by atoms with E-state index in [1.54, 1.807) is 11.8 Å². The van der Waals surface area contributed by atoms with E-state index in [0.29, 0.717) is 6.61 Å². The van der Waals surface area contributed by atoms with E-state index in [1.807, 2.05) is 25.1 Å². The van der Waals surface area contributed by atoms with Crippen LogP contribution in [0.1, 0.15) is 23.6 Å². The van der Waals surface area contributed by atoms with Crippen molar-refractivity contribution < 1.29 is 4.74 Å². The highest BCUT2D eigenvalue weighted by Crippen LogP contribution is 2.31. The lowest BCUT2D eigenvalue weighted by atomic mass is 10.1. The second-order valence-electron chi connectivity index (χ2n) is 4.84. The van der Waals surface area contributed by atoms with Crippen LogP contribution in [-0.2, 0) is 5.75 Å². The molecule has 0 aliphatic carbocycles. The number of ether oxygens (including phenoxy) is 1. The maximum absolute atomic E-state index is 6.03. The summed E-state index contributed by atoms with van der Waals surface area (Å²) in [6.45, 7) is 6.94. The van der Waals surface area contributed by atoms with E-state index in [1.165, 1.54) is 16.7 Å². The van der Waals surface area contributed by atoms with E-state index in [0.717, 1.165) is 22.1 Å². The number of benzene rings is 2. The fraction of sp³-hybridized carbons (Fsp3) is 0.294. The summed E-state index contributed by atoms with van der Waals surface area (Å²) in [6, 6.07) is 12.4. The molecule has 2 aromatic carbocycles. The molecule has 2 aromatic rings. The van der Waals surface area contributed by atoms with Crippen molar-refractivity contribution in [1.29, 1.82) is 0 Å². The Hall–Kier alpha value is -1.61. The SMILES string of the molecule is CCOc1ccc(N)c(SCc2ccc(C)c(C)c2)c1. The van der Waals surface area contributed by atoms with Gasteiger partial charge in [-0.05, 0) is 55.7 Å². The molecule has 0 fully saturated rings. The fourth-order valence-electron chi connectivity index (χ4n) is 1.95. The van der Waals surface area contributed by atoms with Gasteiger partial charge in [0.15, 0.2) is 0 Å². The van der Waals surface area contributed by atoms with E-state index in [2.05, 4.69) is 32.0 Å². The van der Waals surface area contributed by atoms with Crippen molar-refractivity contribution in [2.75, 3.05) is 12.3 Å². The van der Waals surface area contributed by atoms with Crippen LogP contribution in [0, 0.1) is 13.8 Å². The predicted octanol–water partition coefficient (Wildman–Crippen LogP) is 4.58.